The van der Waals surface area contributed by atoms with Crippen molar-refractivity contribution in [3.8, 4) is 0 Å². The Morgan fingerprint density at radius 2 is 2.24 bits per heavy atom. The Balaban J connectivity index is 1.72. The van der Waals surface area contributed by atoms with E-state index in [-0.39, 0.29) is 6.61 Å². The average Bonchev–Trinajstić information content (AvgIpc) is 3.14. The van der Waals surface area contributed by atoms with Crippen molar-refractivity contribution >= 4 is 22.5 Å². The third-order valence-electron chi connectivity index (χ3n) is 3.83. The standard InChI is InChI=1S/C15H14ClN3O2/c16-11-3-4-12-10(8-20)6-19(13(12)5-11)7-14-17-15(18-21-14)9-1-2-9/h3-6,9,20H,1-2,7-8H2. The lowest BCUT2D eigenvalue weighted by Crippen LogP contribution is -1.98. The summed E-state index contributed by atoms with van der Waals surface area (Å²) in [7, 11) is 0. The monoisotopic (exact) mass is 303 g/mol. The molecule has 0 spiro atoms. The zero-order valence-corrected chi connectivity index (χ0v) is 12.0. The maximum Gasteiger partial charge on any atom is 0.246 e. The van der Waals surface area contributed by atoms with Crippen molar-refractivity contribution in [1.82, 2.24) is 14.7 Å². The molecule has 0 bridgehead atoms. The number of aliphatic hydroxyl groups excluding tert-OH is 1. The van der Waals surface area contributed by atoms with E-state index in [9.17, 15) is 5.11 Å². The first-order valence-corrected chi connectivity index (χ1v) is 7.33. The van der Waals surface area contributed by atoms with Crippen LogP contribution in [0.1, 0.15) is 36.0 Å². The van der Waals surface area contributed by atoms with Gasteiger partial charge in [-0.2, -0.15) is 4.98 Å². The molecule has 2 aromatic heterocycles. The lowest BCUT2D eigenvalue weighted by molar-refractivity contribution is 0.283. The Bertz CT molecular complexity index is 804. The average molecular weight is 304 g/mol. The largest absolute Gasteiger partial charge is 0.392 e. The second kappa shape index (κ2) is 4.86. The molecule has 5 nitrogen and oxygen atoms in total. The number of hydrogen-bond acceptors (Lipinski definition) is 4. The molecule has 0 unspecified atom stereocenters. The van der Waals surface area contributed by atoms with Gasteiger partial charge in [-0.3, -0.25) is 0 Å². The van der Waals surface area contributed by atoms with Crippen LogP contribution in [0.4, 0.5) is 0 Å². The van der Waals surface area contributed by atoms with E-state index in [1.807, 2.05) is 29.0 Å². The number of hydrogen-bond donors (Lipinski definition) is 1. The lowest BCUT2D eigenvalue weighted by Gasteiger charge is -2.01. The summed E-state index contributed by atoms with van der Waals surface area (Å²) in [4.78, 5) is 4.44. The summed E-state index contributed by atoms with van der Waals surface area (Å²) in [5.41, 5.74) is 1.82. The van der Waals surface area contributed by atoms with Gasteiger partial charge in [0.1, 0.15) is 6.54 Å². The van der Waals surface area contributed by atoms with Crippen LogP contribution in [0, 0.1) is 0 Å². The number of halogens is 1. The first-order chi connectivity index (χ1) is 10.2. The topological polar surface area (TPSA) is 64.1 Å². The van der Waals surface area contributed by atoms with Crippen molar-refractivity contribution in [1.29, 1.82) is 0 Å². The summed E-state index contributed by atoms with van der Waals surface area (Å²) in [6, 6.07) is 5.63. The summed E-state index contributed by atoms with van der Waals surface area (Å²) in [6.07, 6.45) is 4.20. The molecule has 0 aliphatic heterocycles. The summed E-state index contributed by atoms with van der Waals surface area (Å²) in [5.74, 6) is 1.87. The SMILES string of the molecule is OCc1cn(Cc2nc(C3CC3)no2)c2cc(Cl)ccc12. The molecule has 1 aliphatic carbocycles. The van der Waals surface area contributed by atoms with E-state index < -0.39 is 0 Å². The number of rotatable bonds is 4. The van der Waals surface area contributed by atoms with Gasteiger partial charge in [-0.15, -0.1) is 0 Å². The second-order valence-electron chi connectivity index (χ2n) is 5.42. The van der Waals surface area contributed by atoms with Gasteiger partial charge >= 0.3 is 0 Å². The third-order valence-corrected chi connectivity index (χ3v) is 4.06. The van der Waals surface area contributed by atoms with E-state index in [0.29, 0.717) is 23.4 Å². The quantitative estimate of drug-likeness (QED) is 0.804. The first kappa shape index (κ1) is 12.9. The van der Waals surface area contributed by atoms with Crippen molar-refractivity contribution in [2.24, 2.45) is 0 Å². The van der Waals surface area contributed by atoms with Crippen LogP contribution in [0.25, 0.3) is 10.9 Å². The third kappa shape index (κ3) is 2.32. The molecule has 1 N–H and O–H groups in total. The fraction of sp³-hybridized carbons (Fsp3) is 0.333. The molecule has 0 saturated heterocycles. The molecule has 6 heteroatoms. The predicted molar refractivity (Wildman–Crippen MR) is 78.2 cm³/mol. The molecule has 2 heterocycles. The van der Waals surface area contributed by atoms with Gasteiger partial charge in [0, 0.05) is 28.1 Å². The molecule has 108 valence electrons. The van der Waals surface area contributed by atoms with Crippen LogP contribution >= 0.6 is 11.6 Å². The Kier molecular flexibility index (Phi) is 2.97. The highest BCUT2D eigenvalue weighted by atomic mass is 35.5. The van der Waals surface area contributed by atoms with Crippen LogP contribution in [0.15, 0.2) is 28.9 Å². The van der Waals surface area contributed by atoms with Gasteiger partial charge < -0.3 is 14.2 Å². The number of benzene rings is 1. The van der Waals surface area contributed by atoms with Crippen LogP contribution in [0.5, 0.6) is 0 Å². The van der Waals surface area contributed by atoms with Crippen molar-refractivity contribution < 1.29 is 9.63 Å². The lowest BCUT2D eigenvalue weighted by atomic mass is 10.2. The van der Waals surface area contributed by atoms with Crippen LogP contribution in [-0.4, -0.2) is 19.8 Å². The van der Waals surface area contributed by atoms with Crippen molar-refractivity contribution in [2.75, 3.05) is 0 Å². The summed E-state index contributed by atoms with van der Waals surface area (Å²) in [5, 5.41) is 15.1. The summed E-state index contributed by atoms with van der Waals surface area (Å²) in [6.45, 7) is 0.471. The van der Waals surface area contributed by atoms with E-state index >= 15 is 0 Å². The molecular formula is C15H14ClN3O2. The van der Waals surface area contributed by atoms with E-state index in [0.717, 1.165) is 35.1 Å². The second-order valence-corrected chi connectivity index (χ2v) is 5.86. The normalized spacial score (nSPS) is 15.0. The van der Waals surface area contributed by atoms with Gasteiger partial charge in [-0.1, -0.05) is 22.8 Å². The maximum absolute atomic E-state index is 9.47. The van der Waals surface area contributed by atoms with E-state index in [1.165, 1.54) is 0 Å². The van der Waals surface area contributed by atoms with Crippen LogP contribution in [0.2, 0.25) is 5.02 Å². The Labute approximate surface area is 126 Å². The minimum atomic E-state index is -0.0116. The van der Waals surface area contributed by atoms with Crippen molar-refractivity contribution in [3.63, 3.8) is 0 Å². The fourth-order valence-electron chi connectivity index (χ4n) is 2.58. The molecule has 1 saturated carbocycles. The zero-order valence-electron chi connectivity index (χ0n) is 11.3. The Morgan fingerprint density at radius 3 is 3.00 bits per heavy atom. The van der Waals surface area contributed by atoms with Crippen molar-refractivity contribution in [2.45, 2.75) is 31.9 Å². The van der Waals surface area contributed by atoms with Crippen molar-refractivity contribution in [3.05, 3.63) is 46.7 Å². The highest BCUT2D eigenvalue weighted by molar-refractivity contribution is 6.31. The maximum atomic E-state index is 9.47. The highest BCUT2D eigenvalue weighted by Crippen LogP contribution is 2.38. The summed E-state index contributed by atoms with van der Waals surface area (Å²) < 4.78 is 7.30. The number of aromatic nitrogens is 3. The predicted octanol–water partition coefficient (Wildman–Crippen LogP) is 3.10. The van der Waals surface area contributed by atoms with Crippen LogP contribution in [0.3, 0.4) is 0 Å². The fourth-order valence-corrected chi connectivity index (χ4v) is 2.75. The molecule has 3 aromatic rings. The molecule has 4 rings (SSSR count). The molecule has 1 aliphatic rings. The molecule has 0 radical (unpaired) electrons. The van der Waals surface area contributed by atoms with Gasteiger partial charge in [0.25, 0.3) is 0 Å². The van der Waals surface area contributed by atoms with Crippen LogP contribution < -0.4 is 0 Å². The number of nitrogens with zero attached hydrogens (tertiary/aromatic N) is 3. The zero-order chi connectivity index (χ0) is 14.4. The Morgan fingerprint density at radius 1 is 1.38 bits per heavy atom. The minimum Gasteiger partial charge on any atom is -0.392 e. The van der Waals surface area contributed by atoms with Gasteiger partial charge in [-0.25, -0.2) is 0 Å². The highest BCUT2D eigenvalue weighted by Gasteiger charge is 2.28. The smallest absolute Gasteiger partial charge is 0.246 e. The summed E-state index contributed by atoms with van der Waals surface area (Å²) >= 11 is 6.07. The van der Waals surface area contributed by atoms with Gasteiger partial charge in [0.05, 0.1) is 12.1 Å². The number of aliphatic hydroxyl groups is 1. The van der Waals surface area contributed by atoms with Gasteiger partial charge in [0.2, 0.25) is 5.89 Å². The van der Waals surface area contributed by atoms with E-state index in [4.69, 9.17) is 16.1 Å². The molecule has 21 heavy (non-hydrogen) atoms. The van der Waals surface area contributed by atoms with E-state index in [2.05, 4.69) is 10.1 Å². The van der Waals surface area contributed by atoms with Crippen LogP contribution in [-0.2, 0) is 13.2 Å². The van der Waals surface area contributed by atoms with Gasteiger partial charge in [0.15, 0.2) is 5.82 Å². The van der Waals surface area contributed by atoms with Gasteiger partial charge in [-0.05, 0) is 25.0 Å². The molecule has 0 atom stereocenters. The molecular weight excluding hydrogens is 290 g/mol. The minimum absolute atomic E-state index is 0.0116. The molecule has 1 aromatic carbocycles. The number of fused-ring (bicyclic) bond motifs is 1. The van der Waals surface area contributed by atoms with E-state index in [1.54, 1.807) is 0 Å². The first-order valence-electron chi connectivity index (χ1n) is 6.95. The Hall–Kier alpha value is -1.85. The molecule has 1 fully saturated rings. The molecule has 0 amide bonds.